The molecule has 0 saturated carbocycles. The summed E-state index contributed by atoms with van der Waals surface area (Å²) in [6.07, 6.45) is 12.3. The van der Waals surface area contributed by atoms with Crippen molar-refractivity contribution in [3.63, 3.8) is 0 Å². The Bertz CT molecular complexity index is 435. The predicted octanol–water partition coefficient (Wildman–Crippen LogP) is 6.59. The zero-order valence-electron chi connectivity index (χ0n) is 23.2. The highest BCUT2D eigenvalue weighted by Gasteiger charge is 2.15. The van der Waals surface area contributed by atoms with E-state index in [1.165, 1.54) is 38.5 Å². The van der Waals surface area contributed by atoms with Crippen molar-refractivity contribution >= 4 is 5.97 Å². The van der Waals surface area contributed by atoms with Gasteiger partial charge in [-0.05, 0) is 37.0 Å². The monoisotopic (exact) mass is 488 g/mol. The summed E-state index contributed by atoms with van der Waals surface area (Å²) in [6.45, 7) is 16.5. The first-order valence-corrected chi connectivity index (χ1v) is 13.8. The lowest BCUT2D eigenvalue weighted by molar-refractivity contribution is -0.144. The van der Waals surface area contributed by atoms with E-state index in [1.54, 1.807) is 0 Å². The lowest BCUT2D eigenvalue weighted by atomic mass is 9.84. The molecular weight excluding hydrogens is 432 g/mol. The number of rotatable bonds is 25. The molecule has 0 bridgehead atoms. The highest BCUT2D eigenvalue weighted by Crippen LogP contribution is 2.25. The lowest BCUT2D eigenvalue weighted by Gasteiger charge is -2.22. The maximum atomic E-state index is 11.8. The average molecular weight is 489 g/mol. The smallest absolute Gasteiger partial charge is 0.305 e. The van der Waals surface area contributed by atoms with Crippen molar-refractivity contribution < 1.29 is 28.5 Å². The van der Waals surface area contributed by atoms with E-state index < -0.39 is 0 Å². The Morgan fingerprint density at radius 1 is 0.647 bits per heavy atom. The van der Waals surface area contributed by atoms with Gasteiger partial charge in [0, 0.05) is 19.6 Å². The van der Waals surface area contributed by atoms with Gasteiger partial charge < -0.3 is 23.7 Å². The maximum absolute atomic E-state index is 11.8. The van der Waals surface area contributed by atoms with Gasteiger partial charge in [-0.2, -0.15) is 0 Å². The second kappa shape index (κ2) is 24.0. The summed E-state index contributed by atoms with van der Waals surface area (Å²) in [4.78, 5) is 11.8. The van der Waals surface area contributed by atoms with Crippen LogP contribution >= 0.6 is 0 Å². The van der Waals surface area contributed by atoms with E-state index in [-0.39, 0.29) is 5.97 Å². The Morgan fingerprint density at radius 2 is 1.12 bits per heavy atom. The molecule has 0 fully saturated rings. The zero-order valence-corrected chi connectivity index (χ0v) is 23.2. The van der Waals surface area contributed by atoms with Gasteiger partial charge in [0.25, 0.3) is 0 Å². The lowest BCUT2D eigenvalue weighted by Crippen LogP contribution is -2.14. The molecule has 6 nitrogen and oxygen atoms in total. The summed E-state index contributed by atoms with van der Waals surface area (Å²) in [7, 11) is 0. The molecule has 0 aromatic rings. The number of ether oxygens (including phenoxy) is 5. The minimum atomic E-state index is -0.133. The summed E-state index contributed by atoms with van der Waals surface area (Å²) in [5.41, 5.74) is 0.318. The number of carbonyl (C=O) groups is 1. The molecule has 1 atom stereocenters. The van der Waals surface area contributed by atoms with Crippen molar-refractivity contribution in [1.29, 1.82) is 0 Å². The van der Waals surface area contributed by atoms with E-state index in [2.05, 4.69) is 34.6 Å². The van der Waals surface area contributed by atoms with Crippen LogP contribution in [0.5, 0.6) is 0 Å². The molecule has 6 heteroatoms. The standard InChI is InChI=1S/C28H56O6/c1-6-7-8-9-10-11-12-16-30-19-21-32-23-24-33-22-20-31-17-13-14-27(29)34-18-15-26(2)25-28(3,4)5/h26H,6-25H2,1-5H3. The molecule has 1 unspecified atom stereocenters. The zero-order chi connectivity index (χ0) is 25.3. The molecule has 0 spiro atoms. The summed E-state index contributed by atoms with van der Waals surface area (Å²) >= 11 is 0. The third-order valence-electron chi connectivity index (χ3n) is 5.51. The van der Waals surface area contributed by atoms with Gasteiger partial charge in [0.15, 0.2) is 0 Å². The largest absolute Gasteiger partial charge is 0.466 e. The third-order valence-corrected chi connectivity index (χ3v) is 5.51. The van der Waals surface area contributed by atoms with E-state index in [1.807, 2.05) is 0 Å². The molecular formula is C28H56O6. The van der Waals surface area contributed by atoms with Gasteiger partial charge in [0.05, 0.1) is 46.2 Å². The quantitative estimate of drug-likeness (QED) is 0.107. The summed E-state index contributed by atoms with van der Waals surface area (Å²) in [6, 6.07) is 0. The Morgan fingerprint density at radius 3 is 1.65 bits per heavy atom. The number of esters is 1. The van der Waals surface area contributed by atoms with Crippen LogP contribution < -0.4 is 0 Å². The van der Waals surface area contributed by atoms with Crippen molar-refractivity contribution in [2.75, 3.05) is 59.5 Å². The first kappa shape index (κ1) is 33.3. The van der Waals surface area contributed by atoms with Gasteiger partial charge in [0.2, 0.25) is 0 Å². The molecule has 0 rings (SSSR count). The van der Waals surface area contributed by atoms with Crippen LogP contribution in [0, 0.1) is 11.3 Å². The van der Waals surface area contributed by atoms with Gasteiger partial charge in [0.1, 0.15) is 0 Å². The van der Waals surface area contributed by atoms with Crippen LogP contribution in [-0.2, 0) is 28.5 Å². The molecule has 0 amide bonds. The summed E-state index contributed by atoms with van der Waals surface area (Å²) in [5.74, 6) is 0.431. The second-order valence-electron chi connectivity index (χ2n) is 10.6. The Labute approximate surface area is 210 Å². The number of carbonyl (C=O) groups excluding carboxylic acids is 1. The molecule has 0 heterocycles. The fourth-order valence-corrected chi connectivity index (χ4v) is 3.84. The molecule has 204 valence electrons. The number of hydrogen-bond donors (Lipinski definition) is 0. The molecule has 0 aliphatic carbocycles. The third kappa shape index (κ3) is 27.6. The molecule has 0 radical (unpaired) electrons. The minimum absolute atomic E-state index is 0.133. The van der Waals surface area contributed by atoms with E-state index >= 15 is 0 Å². The Hall–Kier alpha value is -0.690. The molecule has 34 heavy (non-hydrogen) atoms. The van der Waals surface area contributed by atoms with E-state index in [4.69, 9.17) is 23.7 Å². The summed E-state index contributed by atoms with van der Waals surface area (Å²) < 4.78 is 27.4. The number of unbranched alkanes of at least 4 members (excludes halogenated alkanes) is 6. The normalized spacial score (nSPS) is 12.7. The van der Waals surface area contributed by atoms with Gasteiger partial charge in [-0.1, -0.05) is 73.1 Å². The van der Waals surface area contributed by atoms with Crippen LogP contribution in [-0.4, -0.2) is 65.4 Å². The van der Waals surface area contributed by atoms with E-state index in [0.717, 1.165) is 25.9 Å². The van der Waals surface area contributed by atoms with Gasteiger partial charge >= 0.3 is 5.97 Å². The second-order valence-corrected chi connectivity index (χ2v) is 10.6. The molecule has 0 N–H and O–H groups in total. The van der Waals surface area contributed by atoms with Gasteiger partial charge in [-0.3, -0.25) is 4.79 Å². The minimum Gasteiger partial charge on any atom is -0.466 e. The van der Waals surface area contributed by atoms with Gasteiger partial charge in [-0.15, -0.1) is 0 Å². The Kier molecular flexibility index (Phi) is 23.5. The highest BCUT2D eigenvalue weighted by molar-refractivity contribution is 5.69. The average Bonchev–Trinajstić information content (AvgIpc) is 2.76. The topological polar surface area (TPSA) is 63.2 Å². The van der Waals surface area contributed by atoms with E-state index in [9.17, 15) is 4.79 Å². The fourth-order valence-electron chi connectivity index (χ4n) is 3.84. The van der Waals surface area contributed by atoms with Crippen LogP contribution in [0.1, 0.15) is 105 Å². The van der Waals surface area contributed by atoms with Crippen LogP contribution in [0.15, 0.2) is 0 Å². The van der Waals surface area contributed by atoms with Crippen molar-refractivity contribution in [2.45, 2.75) is 105 Å². The predicted molar refractivity (Wildman–Crippen MR) is 139 cm³/mol. The number of hydrogen-bond acceptors (Lipinski definition) is 6. The van der Waals surface area contributed by atoms with Crippen LogP contribution in [0.25, 0.3) is 0 Å². The molecule has 0 aliphatic heterocycles. The molecule has 0 saturated heterocycles. The SMILES string of the molecule is CCCCCCCCCOCCOCCOCCOCCCC(=O)OCCC(C)CC(C)(C)C. The van der Waals surface area contributed by atoms with E-state index in [0.29, 0.717) is 77.0 Å². The maximum Gasteiger partial charge on any atom is 0.305 e. The molecule has 0 aliphatic rings. The fraction of sp³-hybridized carbons (Fsp3) is 0.964. The van der Waals surface area contributed by atoms with Crippen LogP contribution in [0.2, 0.25) is 0 Å². The molecule has 0 aromatic heterocycles. The van der Waals surface area contributed by atoms with Gasteiger partial charge in [-0.25, -0.2) is 0 Å². The van der Waals surface area contributed by atoms with Crippen molar-refractivity contribution in [3.8, 4) is 0 Å². The van der Waals surface area contributed by atoms with Crippen LogP contribution in [0.4, 0.5) is 0 Å². The first-order valence-electron chi connectivity index (χ1n) is 13.8. The van der Waals surface area contributed by atoms with Crippen molar-refractivity contribution in [1.82, 2.24) is 0 Å². The first-order chi connectivity index (χ1) is 16.3. The highest BCUT2D eigenvalue weighted by atomic mass is 16.6. The van der Waals surface area contributed by atoms with Crippen molar-refractivity contribution in [2.24, 2.45) is 11.3 Å². The molecule has 0 aromatic carbocycles. The van der Waals surface area contributed by atoms with Crippen molar-refractivity contribution in [3.05, 3.63) is 0 Å². The summed E-state index contributed by atoms with van der Waals surface area (Å²) in [5, 5.41) is 0. The Balaban J connectivity index is 3.22. The van der Waals surface area contributed by atoms with Crippen LogP contribution in [0.3, 0.4) is 0 Å².